The van der Waals surface area contributed by atoms with Crippen LogP contribution < -0.4 is 8.85 Å². The van der Waals surface area contributed by atoms with Crippen molar-refractivity contribution in [3.05, 3.63) is 71.8 Å². The first-order valence-electron chi connectivity index (χ1n) is 13.9. The van der Waals surface area contributed by atoms with Crippen LogP contribution in [0.2, 0.25) is 36.3 Å². The molecule has 0 saturated carbocycles. The lowest BCUT2D eigenvalue weighted by molar-refractivity contribution is 0.111. The summed E-state index contributed by atoms with van der Waals surface area (Å²) in [6.07, 6.45) is 1.76. The Morgan fingerprint density at radius 1 is 0.550 bits per heavy atom. The van der Waals surface area contributed by atoms with E-state index in [0.717, 1.165) is 56.7 Å². The number of carbonyl (C=O) groups is 2. The molecule has 0 fully saturated rings. The lowest BCUT2D eigenvalue weighted by atomic mass is 9.91. The van der Waals surface area contributed by atoms with E-state index in [1.807, 2.05) is 60.7 Å². The highest BCUT2D eigenvalue weighted by Crippen LogP contribution is 2.49. The first-order valence-corrected chi connectivity index (χ1v) is 19.7. The van der Waals surface area contributed by atoms with Crippen LogP contribution in [0.15, 0.2) is 60.7 Å². The van der Waals surface area contributed by atoms with Gasteiger partial charge < -0.3 is 8.85 Å². The Morgan fingerprint density at radius 2 is 0.900 bits per heavy atom. The number of hydrogen-bond acceptors (Lipinski definition) is 4. The largest absolute Gasteiger partial charge is 0.543 e. The second-order valence-corrected chi connectivity index (χ2v) is 23.2. The maximum absolute atomic E-state index is 11.6. The molecule has 0 unspecified atom stereocenters. The monoisotopic (exact) mass is 570 g/mol. The van der Waals surface area contributed by atoms with Gasteiger partial charge in [-0.1, -0.05) is 77.9 Å². The Kier molecular flexibility index (Phi) is 7.67. The molecule has 40 heavy (non-hydrogen) atoms. The topological polar surface area (TPSA) is 52.6 Å². The molecule has 4 nitrogen and oxygen atoms in total. The second kappa shape index (κ2) is 10.3. The quantitative estimate of drug-likeness (QED) is 0.164. The average Bonchev–Trinajstić information content (AvgIpc) is 2.86. The molecule has 0 atom stereocenters. The Bertz CT molecular complexity index is 1480. The van der Waals surface area contributed by atoms with Gasteiger partial charge in [-0.15, -0.1) is 0 Å². The van der Waals surface area contributed by atoms with Gasteiger partial charge in [-0.05, 0) is 82.1 Å². The third-order valence-electron chi connectivity index (χ3n) is 8.88. The fourth-order valence-electron chi connectivity index (χ4n) is 4.35. The standard InChI is InChI=1S/C34H42O4Si2/c1-33(2,3)39(7,8)37-29-17-13-25-19-23(21-35)11-15-27(25)31(29)32-28-16-12-24(22-36)20-26(28)14-18-30(32)38-40(9,10)34(4,5)6/h11-22H,1-10H3. The van der Waals surface area contributed by atoms with Gasteiger partial charge in [0, 0.05) is 22.3 Å². The van der Waals surface area contributed by atoms with Crippen molar-refractivity contribution < 1.29 is 18.4 Å². The summed E-state index contributed by atoms with van der Waals surface area (Å²) >= 11 is 0. The zero-order chi connectivity index (χ0) is 29.7. The predicted molar refractivity (Wildman–Crippen MR) is 173 cm³/mol. The van der Waals surface area contributed by atoms with Crippen LogP contribution in [0.25, 0.3) is 32.7 Å². The molecule has 6 heteroatoms. The molecule has 0 aliphatic heterocycles. The Morgan fingerprint density at radius 3 is 1.20 bits per heavy atom. The number of carbonyl (C=O) groups excluding carboxylic acids is 2. The highest BCUT2D eigenvalue weighted by atomic mass is 28.4. The lowest BCUT2D eigenvalue weighted by Crippen LogP contribution is -2.44. The number of hydrogen-bond donors (Lipinski definition) is 0. The molecule has 0 amide bonds. The van der Waals surface area contributed by atoms with E-state index in [-0.39, 0.29) is 10.1 Å². The Labute approximate surface area is 241 Å². The summed E-state index contributed by atoms with van der Waals surface area (Å²) in [5.74, 6) is 1.62. The molecule has 0 bridgehead atoms. The van der Waals surface area contributed by atoms with E-state index in [2.05, 4.69) is 67.7 Å². The van der Waals surface area contributed by atoms with Gasteiger partial charge in [0.1, 0.15) is 24.1 Å². The molecule has 0 N–H and O–H groups in total. The summed E-state index contributed by atoms with van der Waals surface area (Å²) in [6.45, 7) is 22.4. The first-order chi connectivity index (χ1) is 18.5. The van der Waals surface area contributed by atoms with E-state index < -0.39 is 16.6 Å². The minimum absolute atomic E-state index is 0.00130. The summed E-state index contributed by atoms with van der Waals surface area (Å²) in [5, 5.41) is 3.91. The molecule has 0 spiro atoms. The van der Waals surface area contributed by atoms with Crippen LogP contribution in [-0.4, -0.2) is 29.2 Å². The van der Waals surface area contributed by atoms with Gasteiger partial charge in [0.2, 0.25) is 0 Å². The summed E-state index contributed by atoms with van der Waals surface area (Å²) in [7, 11) is -4.45. The zero-order valence-corrected chi connectivity index (χ0v) is 27.6. The second-order valence-electron chi connectivity index (χ2n) is 13.8. The van der Waals surface area contributed by atoms with Crippen molar-refractivity contribution in [3.63, 3.8) is 0 Å². The number of rotatable bonds is 7. The Balaban J connectivity index is 2.15. The summed E-state index contributed by atoms with van der Waals surface area (Å²) < 4.78 is 14.1. The molecule has 0 radical (unpaired) electrons. The highest BCUT2D eigenvalue weighted by molar-refractivity contribution is 6.75. The third-order valence-corrected chi connectivity index (χ3v) is 17.6. The average molecular weight is 571 g/mol. The van der Waals surface area contributed by atoms with Crippen molar-refractivity contribution in [2.45, 2.75) is 77.8 Å². The molecule has 0 saturated heterocycles. The number of benzene rings is 4. The minimum Gasteiger partial charge on any atom is -0.543 e. The van der Waals surface area contributed by atoms with Crippen LogP contribution in [0.3, 0.4) is 0 Å². The zero-order valence-electron chi connectivity index (χ0n) is 25.6. The maximum Gasteiger partial charge on any atom is 0.250 e. The van der Waals surface area contributed by atoms with Gasteiger partial charge in [0.15, 0.2) is 0 Å². The van der Waals surface area contributed by atoms with Gasteiger partial charge in [0.05, 0.1) is 0 Å². The normalized spacial score (nSPS) is 12.9. The van der Waals surface area contributed by atoms with Crippen molar-refractivity contribution in [2.75, 3.05) is 0 Å². The molecule has 0 aliphatic carbocycles. The summed E-state index contributed by atoms with van der Waals surface area (Å²) in [6, 6.07) is 19.8. The molecule has 210 valence electrons. The van der Waals surface area contributed by atoms with Crippen LogP contribution in [0.1, 0.15) is 62.3 Å². The van der Waals surface area contributed by atoms with E-state index in [4.69, 9.17) is 8.85 Å². The summed E-state index contributed by atoms with van der Waals surface area (Å²) in [4.78, 5) is 23.3. The minimum atomic E-state index is -2.23. The van der Waals surface area contributed by atoms with Crippen molar-refractivity contribution in [2.24, 2.45) is 0 Å². The smallest absolute Gasteiger partial charge is 0.250 e. The van der Waals surface area contributed by atoms with Crippen LogP contribution in [0, 0.1) is 0 Å². The summed E-state index contributed by atoms with van der Waals surface area (Å²) in [5.41, 5.74) is 3.17. The molecular weight excluding hydrogens is 529 g/mol. The lowest BCUT2D eigenvalue weighted by Gasteiger charge is -2.38. The fraction of sp³-hybridized carbons (Fsp3) is 0.353. The van der Waals surface area contributed by atoms with E-state index in [1.165, 1.54) is 0 Å². The van der Waals surface area contributed by atoms with Crippen LogP contribution >= 0.6 is 0 Å². The number of aldehydes is 2. The molecular formula is C34H42O4Si2. The van der Waals surface area contributed by atoms with E-state index in [9.17, 15) is 9.59 Å². The van der Waals surface area contributed by atoms with Gasteiger partial charge >= 0.3 is 0 Å². The van der Waals surface area contributed by atoms with E-state index in [0.29, 0.717) is 11.1 Å². The van der Waals surface area contributed by atoms with Crippen molar-refractivity contribution in [1.29, 1.82) is 0 Å². The van der Waals surface area contributed by atoms with Crippen molar-refractivity contribution >= 4 is 50.8 Å². The van der Waals surface area contributed by atoms with Gasteiger partial charge in [-0.3, -0.25) is 9.59 Å². The van der Waals surface area contributed by atoms with Gasteiger partial charge in [-0.2, -0.15) is 0 Å². The molecule has 4 rings (SSSR count). The van der Waals surface area contributed by atoms with Crippen LogP contribution in [0.5, 0.6) is 11.5 Å². The van der Waals surface area contributed by atoms with Gasteiger partial charge in [0.25, 0.3) is 16.6 Å². The molecule has 0 aliphatic rings. The van der Waals surface area contributed by atoms with Crippen molar-refractivity contribution in [1.82, 2.24) is 0 Å². The van der Waals surface area contributed by atoms with Crippen LogP contribution in [-0.2, 0) is 0 Å². The molecule has 0 heterocycles. The number of fused-ring (bicyclic) bond motifs is 2. The molecule has 4 aromatic carbocycles. The van der Waals surface area contributed by atoms with Crippen molar-refractivity contribution in [3.8, 4) is 22.6 Å². The predicted octanol–water partition coefficient (Wildman–Crippen LogP) is 10.1. The van der Waals surface area contributed by atoms with E-state index in [1.54, 1.807) is 0 Å². The fourth-order valence-corrected chi connectivity index (χ4v) is 6.40. The maximum atomic E-state index is 11.6. The van der Waals surface area contributed by atoms with Gasteiger partial charge in [-0.25, -0.2) is 0 Å². The van der Waals surface area contributed by atoms with E-state index >= 15 is 0 Å². The first kappa shape index (κ1) is 29.7. The SMILES string of the molecule is CC(C)(C)[Si](C)(C)Oc1ccc2cc(C=O)ccc2c1-c1c(O[Si](C)(C)C(C)(C)C)ccc2cc(C=O)ccc12. The molecule has 4 aromatic rings. The Hall–Kier alpha value is -3.23. The molecule has 0 aromatic heterocycles. The van der Waals surface area contributed by atoms with Crippen LogP contribution in [0.4, 0.5) is 0 Å². The highest BCUT2D eigenvalue weighted by Gasteiger charge is 2.41. The third kappa shape index (κ3) is 5.52.